The van der Waals surface area contributed by atoms with Crippen LogP contribution in [0, 0.1) is 13.8 Å². The molecule has 0 spiro atoms. The Morgan fingerprint density at radius 1 is 1.05 bits per heavy atom. The van der Waals surface area contributed by atoms with Gasteiger partial charge in [-0.3, -0.25) is 0 Å². The third kappa shape index (κ3) is 2.45. The number of anilines is 1. The zero-order valence-electron chi connectivity index (χ0n) is 11.5. The van der Waals surface area contributed by atoms with E-state index in [4.69, 9.17) is 15.2 Å². The maximum Gasteiger partial charge on any atom is 0.128 e. The van der Waals surface area contributed by atoms with E-state index < -0.39 is 0 Å². The second kappa shape index (κ2) is 5.14. The first-order valence-electron chi connectivity index (χ1n) is 5.90. The molecule has 2 aromatic rings. The summed E-state index contributed by atoms with van der Waals surface area (Å²) in [6, 6.07) is 5.52. The SMILES string of the molecule is COc1ccc(OC)c(-c2nc(C)nc(C)c2N)c1. The van der Waals surface area contributed by atoms with Crippen LogP contribution in [0.1, 0.15) is 11.5 Å². The molecule has 0 saturated carbocycles. The summed E-state index contributed by atoms with van der Waals surface area (Å²) in [7, 11) is 3.23. The lowest BCUT2D eigenvalue weighted by Crippen LogP contribution is -2.03. The molecule has 0 aliphatic carbocycles. The fourth-order valence-electron chi connectivity index (χ4n) is 1.93. The molecule has 0 aliphatic rings. The standard InChI is InChI=1S/C14H17N3O2/c1-8-13(15)14(17-9(2)16-8)11-7-10(18-3)5-6-12(11)19-4/h5-7H,15H2,1-4H3. The van der Waals surface area contributed by atoms with E-state index >= 15 is 0 Å². The molecule has 0 unspecified atom stereocenters. The van der Waals surface area contributed by atoms with Gasteiger partial charge in [0.1, 0.15) is 23.0 Å². The molecule has 0 saturated heterocycles. The van der Waals surface area contributed by atoms with Crippen LogP contribution in [0.25, 0.3) is 11.3 Å². The van der Waals surface area contributed by atoms with Gasteiger partial charge in [-0.15, -0.1) is 0 Å². The molecule has 0 fully saturated rings. The first kappa shape index (κ1) is 13.1. The van der Waals surface area contributed by atoms with Gasteiger partial charge in [0.15, 0.2) is 0 Å². The van der Waals surface area contributed by atoms with Crippen LogP contribution < -0.4 is 15.2 Å². The zero-order valence-corrected chi connectivity index (χ0v) is 11.5. The Morgan fingerprint density at radius 3 is 2.42 bits per heavy atom. The van der Waals surface area contributed by atoms with Crippen molar-refractivity contribution in [3.05, 3.63) is 29.7 Å². The molecule has 0 bridgehead atoms. The molecular formula is C14H17N3O2. The molecule has 2 N–H and O–H groups in total. The van der Waals surface area contributed by atoms with Gasteiger partial charge < -0.3 is 15.2 Å². The van der Waals surface area contributed by atoms with Crippen LogP contribution >= 0.6 is 0 Å². The van der Waals surface area contributed by atoms with Crippen molar-refractivity contribution in [2.24, 2.45) is 0 Å². The minimum atomic E-state index is 0.553. The third-order valence-electron chi connectivity index (χ3n) is 2.91. The largest absolute Gasteiger partial charge is 0.497 e. The van der Waals surface area contributed by atoms with Crippen molar-refractivity contribution in [1.29, 1.82) is 0 Å². The predicted octanol–water partition coefficient (Wildman–Crippen LogP) is 2.36. The van der Waals surface area contributed by atoms with Gasteiger partial charge in [-0.1, -0.05) is 0 Å². The summed E-state index contributed by atoms with van der Waals surface area (Å²) in [5.74, 6) is 2.10. The van der Waals surface area contributed by atoms with E-state index in [1.165, 1.54) is 0 Å². The number of rotatable bonds is 3. The molecule has 0 radical (unpaired) electrons. The van der Waals surface area contributed by atoms with Crippen molar-refractivity contribution in [3.63, 3.8) is 0 Å². The van der Waals surface area contributed by atoms with Gasteiger partial charge in [-0.25, -0.2) is 9.97 Å². The van der Waals surface area contributed by atoms with E-state index in [2.05, 4.69) is 9.97 Å². The highest BCUT2D eigenvalue weighted by molar-refractivity contribution is 5.79. The van der Waals surface area contributed by atoms with Crippen LogP contribution in [-0.2, 0) is 0 Å². The number of aryl methyl sites for hydroxylation is 2. The van der Waals surface area contributed by atoms with Crippen LogP contribution in [0.15, 0.2) is 18.2 Å². The van der Waals surface area contributed by atoms with Gasteiger partial charge in [-0.05, 0) is 32.0 Å². The molecule has 0 aliphatic heterocycles. The van der Waals surface area contributed by atoms with Crippen molar-refractivity contribution in [2.75, 3.05) is 20.0 Å². The second-order valence-electron chi connectivity index (χ2n) is 4.18. The lowest BCUT2D eigenvalue weighted by Gasteiger charge is -2.13. The fourth-order valence-corrected chi connectivity index (χ4v) is 1.93. The number of hydrogen-bond acceptors (Lipinski definition) is 5. The average Bonchev–Trinajstić information content (AvgIpc) is 2.42. The van der Waals surface area contributed by atoms with Crippen LogP contribution in [-0.4, -0.2) is 24.2 Å². The molecule has 5 heteroatoms. The van der Waals surface area contributed by atoms with Crippen molar-refractivity contribution >= 4 is 5.69 Å². The number of nitrogens with zero attached hydrogens (tertiary/aromatic N) is 2. The van der Waals surface area contributed by atoms with Crippen molar-refractivity contribution in [3.8, 4) is 22.8 Å². The Labute approximate surface area is 112 Å². The molecule has 0 atom stereocenters. The highest BCUT2D eigenvalue weighted by Gasteiger charge is 2.14. The number of benzene rings is 1. The van der Waals surface area contributed by atoms with Crippen molar-refractivity contribution < 1.29 is 9.47 Å². The Kier molecular flexibility index (Phi) is 3.55. The number of nitrogens with two attached hydrogens (primary N) is 1. The normalized spacial score (nSPS) is 10.3. The predicted molar refractivity (Wildman–Crippen MR) is 74.5 cm³/mol. The first-order chi connectivity index (χ1) is 9.06. The van der Waals surface area contributed by atoms with Gasteiger partial charge in [0.25, 0.3) is 0 Å². The first-order valence-corrected chi connectivity index (χ1v) is 5.90. The quantitative estimate of drug-likeness (QED) is 0.916. The van der Waals surface area contributed by atoms with E-state index in [1.54, 1.807) is 14.2 Å². The second-order valence-corrected chi connectivity index (χ2v) is 4.18. The Morgan fingerprint density at radius 2 is 1.79 bits per heavy atom. The minimum Gasteiger partial charge on any atom is -0.497 e. The smallest absolute Gasteiger partial charge is 0.128 e. The minimum absolute atomic E-state index is 0.553. The summed E-state index contributed by atoms with van der Waals surface area (Å²) in [6.45, 7) is 3.70. The van der Waals surface area contributed by atoms with E-state index in [-0.39, 0.29) is 0 Å². The lowest BCUT2D eigenvalue weighted by atomic mass is 10.1. The van der Waals surface area contributed by atoms with E-state index in [0.717, 1.165) is 17.0 Å². The number of methoxy groups -OCH3 is 2. The van der Waals surface area contributed by atoms with E-state index in [1.807, 2.05) is 32.0 Å². The van der Waals surface area contributed by atoms with Crippen molar-refractivity contribution in [2.45, 2.75) is 13.8 Å². The molecule has 2 rings (SSSR count). The van der Waals surface area contributed by atoms with Crippen LogP contribution in [0.3, 0.4) is 0 Å². The zero-order chi connectivity index (χ0) is 14.0. The average molecular weight is 259 g/mol. The van der Waals surface area contributed by atoms with Crippen LogP contribution in [0.4, 0.5) is 5.69 Å². The highest BCUT2D eigenvalue weighted by Crippen LogP contribution is 2.35. The van der Waals surface area contributed by atoms with Gasteiger partial charge >= 0.3 is 0 Å². The summed E-state index contributed by atoms with van der Waals surface area (Å²) in [5, 5.41) is 0. The maximum atomic E-state index is 6.08. The number of nitrogen functional groups attached to an aromatic ring is 1. The number of hydrogen-bond donors (Lipinski definition) is 1. The summed E-state index contributed by atoms with van der Waals surface area (Å²) in [6.07, 6.45) is 0. The van der Waals surface area contributed by atoms with Crippen LogP contribution in [0.5, 0.6) is 11.5 Å². The monoisotopic (exact) mass is 259 g/mol. The Balaban J connectivity index is 2.69. The summed E-state index contributed by atoms with van der Waals surface area (Å²) in [5.41, 5.74) is 8.85. The summed E-state index contributed by atoms with van der Waals surface area (Å²) >= 11 is 0. The number of aromatic nitrogens is 2. The number of ether oxygens (including phenoxy) is 2. The van der Waals surface area contributed by atoms with E-state index in [0.29, 0.717) is 23.0 Å². The topological polar surface area (TPSA) is 70.3 Å². The molecular weight excluding hydrogens is 242 g/mol. The summed E-state index contributed by atoms with van der Waals surface area (Å²) < 4.78 is 10.6. The Hall–Kier alpha value is -2.30. The Bertz CT molecular complexity index is 612. The molecule has 100 valence electrons. The van der Waals surface area contributed by atoms with E-state index in [9.17, 15) is 0 Å². The van der Waals surface area contributed by atoms with Gasteiger partial charge in [0.05, 0.1) is 25.6 Å². The van der Waals surface area contributed by atoms with Crippen molar-refractivity contribution in [1.82, 2.24) is 9.97 Å². The van der Waals surface area contributed by atoms with Gasteiger partial charge in [-0.2, -0.15) is 0 Å². The highest BCUT2D eigenvalue weighted by atomic mass is 16.5. The molecule has 19 heavy (non-hydrogen) atoms. The molecule has 1 aromatic carbocycles. The summed E-state index contributed by atoms with van der Waals surface area (Å²) in [4.78, 5) is 8.67. The third-order valence-corrected chi connectivity index (χ3v) is 2.91. The van der Waals surface area contributed by atoms with Crippen LogP contribution in [0.2, 0.25) is 0 Å². The molecule has 1 aromatic heterocycles. The van der Waals surface area contributed by atoms with Gasteiger partial charge in [0, 0.05) is 5.56 Å². The molecule has 5 nitrogen and oxygen atoms in total. The lowest BCUT2D eigenvalue weighted by molar-refractivity contribution is 0.404. The molecule has 1 heterocycles. The molecule has 0 amide bonds. The fraction of sp³-hybridized carbons (Fsp3) is 0.286. The maximum absolute atomic E-state index is 6.08. The van der Waals surface area contributed by atoms with Gasteiger partial charge in [0.2, 0.25) is 0 Å².